The summed E-state index contributed by atoms with van der Waals surface area (Å²) in [5, 5.41) is 3.49. The Balaban J connectivity index is 2.48. The van der Waals surface area contributed by atoms with Crippen LogP contribution in [-0.4, -0.2) is 17.1 Å². The molecular formula is C18H32N2O. The molecule has 1 atom stereocenters. The Morgan fingerprint density at radius 1 is 1.29 bits per heavy atom. The molecule has 0 bridgehead atoms. The van der Waals surface area contributed by atoms with Gasteiger partial charge in [0.25, 0.3) is 0 Å². The Kier molecular flexibility index (Phi) is 7.73. The quantitative estimate of drug-likeness (QED) is 0.724. The van der Waals surface area contributed by atoms with E-state index >= 15 is 0 Å². The summed E-state index contributed by atoms with van der Waals surface area (Å²) in [6.07, 6.45) is 6.79. The number of rotatable bonds is 9. The van der Waals surface area contributed by atoms with Crippen LogP contribution in [0.3, 0.4) is 0 Å². The van der Waals surface area contributed by atoms with Crippen molar-refractivity contribution < 1.29 is 4.74 Å². The molecule has 1 aromatic rings. The van der Waals surface area contributed by atoms with Gasteiger partial charge in [0.15, 0.2) is 0 Å². The second-order valence-electron chi connectivity index (χ2n) is 6.83. The van der Waals surface area contributed by atoms with Gasteiger partial charge in [0.05, 0.1) is 6.61 Å². The van der Waals surface area contributed by atoms with E-state index < -0.39 is 0 Å². The van der Waals surface area contributed by atoms with E-state index in [-0.39, 0.29) is 5.54 Å². The van der Waals surface area contributed by atoms with Crippen LogP contribution in [0, 0.1) is 5.92 Å². The maximum absolute atomic E-state index is 5.89. The fourth-order valence-electron chi connectivity index (χ4n) is 2.11. The van der Waals surface area contributed by atoms with Crippen LogP contribution in [0.5, 0.6) is 5.88 Å². The van der Waals surface area contributed by atoms with Crippen LogP contribution in [0.4, 0.5) is 0 Å². The zero-order valence-corrected chi connectivity index (χ0v) is 14.4. The van der Waals surface area contributed by atoms with E-state index in [9.17, 15) is 0 Å². The lowest BCUT2D eigenvalue weighted by Gasteiger charge is -2.20. The number of unbranched alkanes of at least 4 members (excludes halogenated alkanes) is 1. The van der Waals surface area contributed by atoms with Gasteiger partial charge in [-0.15, -0.1) is 0 Å². The van der Waals surface area contributed by atoms with E-state index in [1.165, 1.54) is 31.2 Å². The van der Waals surface area contributed by atoms with Gasteiger partial charge in [0, 0.05) is 24.3 Å². The van der Waals surface area contributed by atoms with E-state index in [1.54, 1.807) is 0 Å². The molecule has 0 fully saturated rings. The van der Waals surface area contributed by atoms with Crippen molar-refractivity contribution in [2.24, 2.45) is 5.92 Å². The molecule has 0 aliphatic carbocycles. The van der Waals surface area contributed by atoms with Crippen molar-refractivity contribution in [3.05, 3.63) is 23.9 Å². The van der Waals surface area contributed by atoms with Crippen molar-refractivity contribution in [1.82, 2.24) is 10.3 Å². The normalized spacial score (nSPS) is 13.2. The predicted octanol–water partition coefficient (Wildman–Crippen LogP) is 4.56. The minimum absolute atomic E-state index is 0.123. The van der Waals surface area contributed by atoms with Crippen LogP contribution in [0.1, 0.15) is 65.9 Å². The molecule has 3 nitrogen and oxygen atoms in total. The van der Waals surface area contributed by atoms with E-state index in [0.29, 0.717) is 5.92 Å². The summed E-state index contributed by atoms with van der Waals surface area (Å²) in [5.41, 5.74) is 1.34. The van der Waals surface area contributed by atoms with Crippen LogP contribution in [0.25, 0.3) is 0 Å². The number of ether oxygens (including phenoxy) is 1. The summed E-state index contributed by atoms with van der Waals surface area (Å²) in [7, 11) is 0. The lowest BCUT2D eigenvalue weighted by Crippen LogP contribution is -2.35. The molecule has 3 heteroatoms. The molecule has 120 valence electrons. The van der Waals surface area contributed by atoms with Crippen LogP contribution < -0.4 is 10.1 Å². The molecule has 0 aliphatic heterocycles. The lowest BCUT2D eigenvalue weighted by atomic mass is 10.0. The smallest absolute Gasteiger partial charge is 0.213 e. The Labute approximate surface area is 130 Å². The molecule has 1 N–H and O–H groups in total. The average Bonchev–Trinajstić information content (AvgIpc) is 2.45. The van der Waals surface area contributed by atoms with Gasteiger partial charge >= 0.3 is 0 Å². The zero-order valence-electron chi connectivity index (χ0n) is 14.4. The first-order valence-corrected chi connectivity index (χ1v) is 8.27. The summed E-state index contributed by atoms with van der Waals surface area (Å²) in [5.74, 6) is 1.39. The van der Waals surface area contributed by atoms with Crippen molar-refractivity contribution in [1.29, 1.82) is 0 Å². The van der Waals surface area contributed by atoms with Gasteiger partial charge in [-0.1, -0.05) is 33.1 Å². The highest BCUT2D eigenvalue weighted by Gasteiger charge is 2.10. The van der Waals surface area contributed by atoms with Gasteiger partial charge in [-0.3, -0.25) is 0 Å². The summed E-state index contributed by atoms with van der Waals surface area (Å²) in [6.45, 7) is 12.6. The third-order valence-electron chi connectivity index (χ3n) is 3.63. The minimum atomic E-state index is 0.123. The Bertz CT molecular complexity index is 398. The maximum atomic E-state index is 5.89. The van der Waals surface area contributed by atoms with Crippen molar-refractivity contribution in [2.75, 3.05) is 6.61 Å². The first-order valence-electron chi connectivity index (χ1n) is 8.27. The van der Waals surface area contributed by atoms with Gasteiger partial charge in [0.2, 0.25) is 5.88 Å². The number of aromatic nitrogens is 1. The van der Waals surface area contributed by atoms with E-state index in [2.05, 4.69) is 44.9 Å². The van der Waals surface area contributed by atoms with Gasteiger partial charge in [-0.2, -0.15) is 0 Å². The predicted molar refractivity (Wildman–Crippen MR) is 89.6 cm³/mol. The maximum Gasteiger partial charge on any atom is 0.213 e. The Hall–Kier alpha value is -1.09. The number of hydrogen-bond donors (Lipinski definition) is 1. The van der Waals surface area contributed by atoms with Gasteiger partial charge in [-0.05, 0) is 44.7 Å². The standard InChI is InChI=1S/C18H32N2O/c1-6-8-9-15(7-2)14-21-17-12-16(10-11-19-17)13-20-18(3,4)5/h10-12,15,20H,6-9,13-14H2,1-5H3. The molecule has 1 heterocycles. The summed E-state index contributed by atoms with van der Waals surface area (Å²) >= 11 is 0. The fraction of sp³-hybridized carbons (Fsp3) is 0.722. The second kappa shape index (κ2) is 9.04. The molecule has 0 aromatic carbocycles. The molecule has 1 unspecified atom stereocenters. The SMILES string of the molecule is CCCCC(CC)COc1cc(CNC(C)(C)C)ccn1. The first-order chi connectivity index (χ1) is 9.94. The molecular weight excluding hydrogens is 260 g/mol. The molecule has 1 aromatic heterocycles. The van der Waals surface area contributed by atoms with Gasteiger partial charge in [-0.25, -0.2) is 4.98 Å². The molecule has 0 saturated heterocycles. The van der Waals surface area contributed by atoms with E-state index in [4.69, 9.17) is 4.74 Å². The molecule has 0 aliphatic rings. The minimum Gasteiger partial charge on any atom is -0.477 e. The highest BCUT2D eigenvalue weighted by Crippen LogP contribution is 2.16. The zero-order chi connectivity index (χ0) is 15.7. The van der Waals surface area contributed by atoms with Gasteiger partial charge in [0.1, 0.15) is 0 Å². The van der Waals surface area contributed by atoms with E-state index in [1.807, 2.05) is 18.3 Å². The fourth-order valence-corrected chi connectivity index (χ4v) is 2.11. The van der Waals surface area contributed by atoms with Crippen LogP contribution >= 0.6 is 0 Å². The summed E-state index contributed by atoms with van der Waals surface area (Å²) in [6, 6.07) is 4.09. The van der Waals surface area contributed by atoms with Gasteiger partial charge < -0.3 is 10.1 Å². The Morgan fingerprint density at radius 3 is 2.67 bits per heavy atom. The number of nitrogens with one attached hydrogen (secondary N) is 1. The topological polar surface area (TPSA) is 34.1 Å². The van der Waals surface area contributed by atoms with Crippen LogP contribution in [0.15, 0.2) is 18.3 Å². The average molecular weight is 292 g/mol. The van der Waals surface area contributed by atoms with Crippen molar-refractivity contribution in [2.45, 2.75) is 72.4 Å². The summed E-state index contributed by atoms with van der Waals surface area (Å²) < 4.78 is 5.89. The first kappa shape index (κ1) is 18.0. The second-order valence-corrected chi connectivity index (χ2v) is 6.83. The number of hydrogen-bond acceptors (Lipinski definition) is 3. The van der Waals surface area contributed by atoms with E-state index in [0.717, 1.165) is 19.0 Å². The third kappa shape index (κ3) is 8.05. The van der Waals surface area contributed by atoms with Crippen molar-refractivity contribution in [3.8, 4) is 5.88 Å². The number of pyridine rings is 1. The molecule has 21 heavy (non-hydrogen) atoms. The highest BCUT2D eigenvalue weighted by molar-refractivity contribution is 5.20. The van der Waals surface area contributed by atoms with Crippen LogP contribution in [0.2, 0.25) is 0 Å². The van der Waals surface area contributed by atoms with Crippen molar-refractivity contribution in [3.63, 3.8) is 0 Å². The molecule has 0 saturated carbocycles. The summed E-state index contributed by atoms with van der Waals surface area (Å²) in [4.78, 5) is 4.32. The largest absolute Gasteiger partial charge is 0.477 e. The van der Waals surface area contributed by atoms with Crippen molar-refractivity contribution >= 4 is 0 Å². The molecule has 0 radical (unpaired) electrons. The lowest BCUT2D eigenvalue weighted by molar-refractivity contribution is 0.225. The molecule has 1 rings (SSSR count). The third-order valence-corrected chi connectivity index (χ3v) is 3.63. The monoisotopic (exact) mass is 292 g/mol. The highest BCUT2D eigenvalue weighted by atomic mass is 16.5. The number of nitrogens with zero attached hydrogens (tertiary/aromatic N) is 1. The molecule has 0 spiro atoms. The van der Waals surface area contributed by atoms with Crippen LogP contribution in [-0.2, 0) is 6.54 Å². The Morgan fingerprint density at radius 2 is 2.05 bits per heavy atom. The molecule has 0 amide bonds.